The van der Waals surface area contributed by atoms with Gasteiger partial charge in [0.15, 0.2) is 0 Å². The maximum atomic E-state index is 12.1. The Hall–Kier alpha value is -1.10. The van der Waals surface area contributed by atoms with Crippen LogP contribution in [0.15, 0.2) is 18.2 Å². The van der Waals surface area contributed by atoms with Gasteiger partial charge in [-0.15, -0.1) is 0 Å². The fourth-order valence-corrected chi connectivity index (χ4v) is 2.40. The fourth-order valence-electron chi connectivity index (χ4n) is 2.24. The molecule has 1 heterocycles. The monoisotopic (exact) mass is 282 g/mol. The van der Waals surface area contributed by atoms with Gasteiger partial charge in [0.05, 0.1) is 16.8 Å². The van der Waals surface area contributed by atoms with E-state index in [0.717, 1.165) is 18.4 Å². The molecular formula is C14H19ClN2O2. The summed E-state index contributed by atoms with van der Waals surface area (Å²) < 4.78 is 5.27. The SMILES string of the molecule is Cc1ccc(Cl)c(NC(=O)C(N)C2CCOCC2)c1. The first-order chi connectivity index (χ1) is 9.08. The molecule has 1 fully saturated rings. The highest BCUT2D eigenvalue weighted by atomic mass is 35.5. The van der Waals surface area contributed by atoms with Crippen LogP contribution in [0.1, 0.15) is 18.4 Å². The van der Waals surface area contributed by atoms with Crippen LogP contribution in [0.25, 0.3) is 0 Å². The molecule has 1 amide bonds. The summed E-state index contributed by atoms with van der Waals surface area (Å²) in [7, 11) is 0. The largest absolute Gasteiger partial charge is 0.381 e. The molecule has 2 rings (SSSR count). The third kappa shape index (κ3) is 3.69. The second-order valence-electron chi connectivity index (χ2n) is 4.95. The molecule has 3 N–H and O–H groups in total. The number of hydrogen-bond donors (Lipinski definition) is 2. The number of hydrogen-bond acceptors (Lipinski definition) is 3. The van der Waals surface area contributed by atoms with Gasteiger partial charge in [0.2, 0.25) is 5.91 Å². The van der Waals surface area contributed by atoms with E-state index in [-0.39, 0.29) is 11.8 Å². The molecule has 1 aromatic rings. The Labute approximate surface area is 118 Å². The third-order valence-corrected chi connectivity index (χ3v) is 3.79. The number of nitrogens with one attached hydrogen (secondary N) is 1. The van der Waals surface area contributed by atoms with Gasteiger partial charge in [-0.2, -0.15) is 0 Å². The highest BCUT2D eigenvalue weighted by Crippen LogP contribution is 2.24. The molecule has 0 saturated carbocycles. The van der Waals surface area contributed by atoms with Gasteiger partial charge in [-0.05, 0) is 43.4 Å². The Bertz CT molecular complexity index is 459. The molecule has 1 atom stereocenters. The van der Waals surface area contributed by atoms with Crippen molar-refractivity contribution in [2.24, 2.45) is 11.7 Å². The van der Waals surface area contributed by atoms with Crippen LogP contribution in [-0.4, -0.2) is 25.2 Å². The molecule has 0 aliphatic carbocycles. The van der Waals surface area contributed by atoms with Crippen molar-refractivity contribution in [3.05, 3.63) is 28.8 Å². The number of rotatable bonds is 3. The standard InChI is InChI=1S/C14H19ClN2O2/c1-9-2-3-11(15)12(8-9)17-14(18)13(16)10-4-6-19-7-5-10/h2-3,8,10,13H,4-7,16H2,1H3,(H,17,18). The molecule has 1 saturated heterocycles. The maximum absolute atomic E-state index is 12.1. The van der Waals surface area contributed by atoms with E-state index in [1.165, 1.54) is 0 Å². The zero-order valence-corrected chi connectivity index (χ0v) is 11.7. The molecule has 0 aromatic heterocycles. The van der Waals surface area contributed by atoms with Gasteiger partial charge in [-0.3, -0.25) is 4.79 Å². The predicted octanol–water partition coefficient (Wildman–Crippen LogP) is 2.34. The maximum Gasteiger partial charge on any atom is 0.241 e. The van der Waals surface area contributed by atoms with Crippen LogP contribution >= 0.6 is 11.6 Å². The second-order valence-corrected chi connectivity index (χ2v) is 5.36. The number of benzene rings is 1. The average molecular weight is 283 g/mol. The van der Waals surface area contributed by atoms with Gasteiger partial charge in [0.1, 0.15) is 0 Å². The Morgan fingerprint density at radius 1 is 1.47 bits per heavy atom. The minimum absolute atomic E-state index is 0.178. The molecule has 1 unspecified atom stereocenters. The lowest BCUT2D eigenvalue weighted by atomic mass is 9.92. The average Bonchev–Trinajstić information content (AvgIpc) is 2.43. The molecule has 0 spiro atoms. The number of nitrogens with two attached hydrogens (primary N) is 1. The Morgan fingerprint density at radius 2 is 2.16 bits per heavy atom. The van der Waals surface area contributed by atoms with Crippen LogP contribution in [0.3, 0.4) is 0 Å². The van der Waals surface area contributed by atoms with Crippen molar-refractivity contribution in [3.63, 3.8) is 0 Å². The Kier molecular flexibility index (Phi) is 4.80. The van der Waals surface area contributed by atoms with E-state index in [9.17, 15) is 4.79 Å². The predicted molar refractivity (Wildman–Crippen MR) is 76.3 cm³/mol. The molecule has 19 heavy (non-hydrogen) atoms. The lowest BCUT2D eigenvalue weighted by Crippen LogP contribution is -2.44. The van der Waals surface area contributed by atoms with Crippen molar-refractivity contribution < 1.29 is 9.53 Å². The summed E-state index contributed by atoms with van der Waals surface area (Å²) in [5, 5.41) is 3.34. The molecule has 1 aromatic carbocycles. The molecule has 4 nitrogen and oxygen atoms in total. The normalized spacial score (nSPS) is 18.1. The summed E-state index contributed by atoms with van der Waals surface area (Å²) in [5.74, 6) is -0.00302. The van der Waals surface area contributed by atoms with Crippen molar-refractivity contribution in [2.45, 2.75) is 25.8 Å². The van der Waals surface area contributed by atoms with Crippen molar-refractivity contribution in [1.29, 1.82) is 0 Å². The van der Waals surface area contributed by atoms with Crippen molar-refractivity contribution in [3.8, 4) is 0 Å². The van der Waals surface area contributed by atoms with E-state index in [1.54, 1.807) is 6.07 Å². The number of anilines is 1. The molecule has 0 radical (unpaired) electrons. The first-order valence-corrected chi connectivity index (χ1v) is 6.86. The minimum atomic E-state index is -0.513. The highest BCUT2D eigenvalue weighted by molar-refractivity contribution is 6.33. The van der Waals surface area contributed by atoms with Gasteiger partial charge >= 0.3 is 0 Å². The Balaban J connectivity index is 2.01. The number of amides is 1. The second kappa shape index (κ2) is 6.37. The summed E-state index contributed by atoms with van der Waals surface area (Å²) in [6.45, 7) is 3.30. The lowest BCUT2D eigenvalue weighted by Gasteiger charge is -2.26. The van der Waals surface area contributed by atoms with Crippen LogP contribution in [0.4, 0.5) is 5.69 Å². The van der Waals surface area contributed by atoms with Crippen LogP contribution in [0, 0.1) is 12.8 Å². The molecule has 104 valence electrons. The first kappa shape index (κ1) is 14.3. The number of halogens is 1. The number of carbonyl (C=O) groups is 1. The zero-order valence-electron chi connectivity index (χ0n) is 11.0. The summed E-state index contributed by atoms with van der Waals surface area (Å²) in [6.07, 6.45) is 1.66. The van der Waals surface area contributed by atoms with Crippen molar-refractivity contribution in [1.82, 2.24) is 0 Å². The molecule has 0 bridgehead atoms. The van der Waals surface area contributed by atoms with E-state index in [4.69, 9.17) is 22.1 Å². The molecular weight excluding hydrogens is 264 g/mol. The van der Waals surface area contributed by atoms with Crippen molar-refractivity contribution in [2.75, 3.05) is 18.5 Å². The van der Waals surface area contributed by atoms with Gasteiger partial charge < -0.3 is 15.8 Å². The topological polar surface area (TPSA) is 64.4 Å². The van der Waals surface area contributed by atoms with Gasteiger partial charge in [0, 0.05) is 13.2 Å². The van der Waals surface area contributed by atoms with Crippen LogP contribution in [-0.2, 0) is 9.53 Å². The van der Waals surface area contributed by atoms with Crippen LogP contribution < -0.4 is 11.1 Å². The summed E-state index contributed by atoms with van der Waals surface area (Å²) in [6, 6.07) is 5.00. The third-order valence-electron chi connectivity index (χ3n) is 3.46. The number of carbonyl (C=O) groups excluding carboxylic acids is 1. The molecule has 1 aliphatic heterocycles. The van der Waals surface area contributed by atoms with E-state index < -0.39 is 6.04 Å². The Morgan fingerprint density at radius 3 is 2.84 bits per heavy atom. The molecule has 5 heteroatoms. The smallest absolute Gasteiger partial charge is 0.241 e. The summed E-state index contributed by atoms with van der Waals surface area (Å²) in [5.41, 5.74) is 7.68. The summed E-state index contributed by atoms with van der Waals surface area (Å²) >= 11 is 6.06. The van der Waals surface area contributed by atoms with E-state index in [0.29, 0.717) is 23.9 Å². The lowest BCUT2D eigenvalue weighted by molar-refractivity contribution is -0.119. The zero-order chi connectivity index (χ0) is 13.8. The summed E-state index contributed by atoms with van der Waals surface area (Å²) in [4.78, 5) is 12.1. The van der Waals surface area contributed by atoms with Gasteiger partial charge in [0.25, 0.3) is 0 Å². The van der Waals surface area contributed by atoms with Crippen molar-refractivity contribution >= 4 is 23.2 Å². The van der Waals surface area contributed by atoms with E-state index in [2.05, 4.69) is 5.32 Å². The minimum Gasteiger partial charge on any atom is -0.381 e. The highest BCUT2D eigenvalue weighted by Gasteiger charge is 2.26. The van der Waals surface area contributed by atoms with Gasteiger partial charge in [-0.25, -0.2) is 0 Å². The fraction of sp³-hybridized carbons (Fsp3) is 0.500. The van der Waals surface area contributed by atoms with Crippen LogP contribution in [0.2, 0.25) is 5.02 Å². The quantitative estimate of drug-likeness (QED) is 0.894. The van der Waals surface area contributed by atoms with Gasteiger partial charge in [-0.1, -0.05) is 17.7 Å². The van der Waals surface area contributed by atoms with Crippen LogP contribution in [0.5, 0.6) is 0 Å². The number of aryl methyl sites for hydroxylation is 1. The molecule has 1 aliphatic rings. The van der Waals surface area contributed by atoms with E-state index in [1.807, 2.05) is 19.1 Å². The first-order valence-electron chi connectivity index (χ1n) is 6.48. The number of ether oxygens (including phenoxy) is 1. The van der Waals surface area contributed by atoms with E-state index >= 15 is 0 Å².